The average Bonchev–Trinajstić information content (AvgIpc) is 2.31. The number of nitriles is 3. The van der Waals surface area contributed by atoms with Crippen LogP contribution in [0.5, 0.6) is 0 Å². The van der Waals surface area contributed by atoms with Crippen molar-refractivity contribution in [2.75, 3.05) is 17.3 Å². The van der Waals surface area contributed by atoms with E-state index in [1.165, 1.54) is 24.1 Å². The zero-order chi connectivity index (χ0) is 12.3. The quantitative estimate of drug-likeness (QED) is 0.542. The zero-order valence-electron chi connectivity index (χ0n) is 9.95. The van der Waals surface area contributed by atoms with Crippen molar-refractivity contribution in [3.8, 4) is 17.9 Å². The fraction of sp³-hybridized carbons (Fsp3) is 0.700. The average molecular weight is 223 g/mol. The highest BCUT2D eigenvalue weighted by Gasteiger charge is 2.15. The predicted octanol–water partition coefficient (Wildman–Crippen LogP) is 1.92. The second-order valence-electron chi connectivity index (χ2n) is 3.16. The van der Waals surface area contributed by atoms with E-state index in [1.807, 2.05) is 0 Å². The van der Waals surface area contributed by atoms with E-state index in [0.29, 0.717) is 0 Å². The number of hydrogen-bond donors (Lipinski definition) is 0. The van der Waals surface area contributed by atoms with Gasteiger partial charge in [-0.3, -0.25) is 0 Å². The van der Waals surface area contributed by atoms with Crippen LogP contribution in [0.3, 0.4) is 0 Å². The summed E-state index contributed by atoms with van der Waals surface area (Å²) in [6, 6.07) is 0. The molecular formula is C10H18BN3S. The van der Waals surface area contributed by atoms with Gasteiger partial charge in [0.05, 0.1) is 0 Å². The van der Waals surface area contributed by atoms with Gasteiger partial charge >= 0.3 is 0 Å². The summed E-state index contributed by atoms with van der Waals surface area (Å²) in [5.41, 5.74) is 0. The molecule has 0 aliphatic carbocycles. The van der Waals surface area contributed by atoms with E-state index >= 15 is 0 Å². The van der Waals surface area contributed by atoms with E-state index in [1.54, 1.807) is 17.9 Å². The second-order valence-corrected chi connectivity index (χ2v) is 6.12. The van der Waals surface area contributed by atoms with Crippen LogP contribution < -0.4 is 0 Å². The lowest BCUT2D eigenvalue weighted by Crippen LogP contribution is -2.23. The van der Waals surface area contributed by atoms with Crippen molar-refractivity contribution in [2.45, 2.75) is 27.6 Å². The van der Waals surface area contributed by atoms with E-state index in [9.17, 15) is 0 Å². The summed E-state index contributed by atoms with van der Waals surface area (Å²) in [5, 5.41) is 24.4. The predicted molar refractivity (Wildman–Crippen MR) is 67.4 cm³/mol. The van der Waals surface area contributed by atoms with Gasteiger partial charge in [-0.25, -0.2) is 15.8 Å². The van der Waals surface area contributed by atoms with Crippen molar-refractivity contribution in [2.24, 2.45) is 0 Å². The van der Waals surface area contributed by atoms with Gasteiger partial charge in [0.25, 0.3) is 6.15 Å². The molecule has 0 N–H and O–H groups in total. The lowest BCUT2D eigenvalue weighted by molar-refractivity contribution is 1.37. The van der Waals surface area contributed by atoms with Crippen LogP contribution >= 0.6 is 0 Å². The van der Waals surface area contributed by atoms with Crippen molar-refractivity contribution in [1.29, 1.82) is 15.8 Å². The Labute approximate surface area is 96.0 Å². The Balaban J connectivity index is 0. The smallest absolute Gasteiger partial charge is 0.247 e. The standard InChI is InChI=1S/C6H15S.C4H3BN3/c1-4-7(5-2)6-3;1-5(2-6,3-7)4-8/h4-6H2,1-3H3;1H3/q+1;-1. The van der Waals surface area contributed by atoms with Crippen molar-refractivity contribution in [1.82, 2.24) is 0 Å². The summed E-state index contributed by atoms with van der Waals surface area (Å²) >= 11 is 0. The second kappa shape index (κ2) is 9.44. The van der Waals surface area contributed by atoms with Crippen LogP contribution in [0.1, 0.15) is 20.8 Å². The molecule has 0 atom stereocenters. The molecule has 0 radical (unpaired) electrons. The molecule has 0 aliphatic rings. The van der Waals surface area contributed by atoms with E-state index in [0.717, 1.165) is 10.9 Å². The Morgan fingerprint density at radius 3 is 1.13 bits per heavy atom. The van der Waals surface area contributed by atoms with Crippen LogP contribution in [0.4, 0.5) is 0 Å². The molecule has 0 aromatic rings. The summed E-state index contributed by atoms with van der Waals surface area (Å²) in [4.78, 5) is 0. The van der Waals surface area contributed by atoms with Gasteiger partial charge < -0.3 is 0 Å². The Morgan fingerprint density at radius 1 is 0.867 bits per heavy atom. The summed E-state index contributed by atoms with van der Waals surface area (Å²) in [6.07, 6.45) is -2.04. The number of hydrogen-bond acceptors (Lipinski definition) is 3. The van der Waals surface area contributed by atoms with E-state index in [-0.39, 0.29) is 0 Å². The van der Waals surface area contributed by atoms with E-state index in [4.69, 9.17) is 15.8 Å². The molecule has 3 nitrogen and oxygen atoms in total. The summed E-state index contributed by atoms with van der Waals surface area (Å²) in [5.74, 6) is 9.00. The molecule has 0 bridgehead atoms. The third-order valence-corrected chi connectivity index (χ3v) is 4.45. The monoisotopic (exact) mass is 223 g/mol. The van der Waals surface area contributed by atoms with E-state index in [2.05, 4.69) is 20.8 Å². The molecule has 0 heterocycles. The van der Waals surface area contributed by atoms with Crippen LogP contribution in [-0.4, -0.2) is 23.4 Å². The Bertz CT molecular complexity index is 239. The fourth-order valence-corrected chi connectivity index (χ4v) is 1.92. The van der Waals surface area contributed by atoms with E-state index < -0.39 is 6.15 Å². The van der Waals surface area contributed by atoms with Gasteiger partial charge in [0.1, 0.15) is 17.3 Å². The van der Waals surface area contributed by atoms with Gasteiger partial charge in [0.2, 0.25) is 0 Å². The molecule has 5 heteroatoms. The molecule has 0 aliphatic heterocycles. The third-order valence-electron chi connectivity index (χ3n) is 2.00. The molecular weight excluding hydrogens is 205 g/mol. The molecule has 0 aromatic heterocycles. The number of nitrogens with zero attached hydrogens (tertiary/aromatic N) is 3. The Hall–Kier alpha value is -1.12. The van der Waals surface area contributed by atoms with Gasteiger partial charge in [0.15, 0.2) is 0 Å². The van der Waals surface area contributed by atoms with Gasteiger partial charge in [-0.2, -0.15) is 6.82 Å². The molecule has 0 rings (SSSR count). The Morgan fingerprint density at radius 2 is 1.13 bits per heavy atom. The molecule has 0 aromatic carbocycles. The van der Waals surface area contributed by atoms with Crippen LogP contribution in [0, 0.1) is 33.7 Å². The highest BCUT2D eigenvalue weighted by molar-refractivity contribution is 7.96. The molecule has 0 spiro atoms. The molecule has 0 unspecified atom stereocenters. The molecule has 82 valence electrons. The molecule has 0 fully saturated rings. The van der Waals surface area contributed by atoms with Crippen molar-refractivity contribution < 1.29 is 0 Å². The van der Waals surface area contributed by atoms with Crippen molar-refractivity contribution in [3.05, 3.63) is 0 Å². The van der Waals surface area contributed by atoms with Crippen molar-refractivity contribution >= 4 is 17.0 Å². The van der Waals surface area contributed by atoms with Gasteiger partial charge in [-0.15, -0.1) is 17.9 Å². The van der Waals surface area contributed by atoms with Crippen molar-refractivity contribution in [3.63, 3.8) is 0 Å². The minimum atomic E-state index is -2.04. The highest BCUT2D eigenvalue weighted by Crippen LogP contribution is 1.93. The van der Waals surface area contributed by atoms with Crippen LogP contribution in [0.2, 0.25) is 6.82 Å². The van der Waals surface area contributed by atoms with Crippen LogP contribution in [-0.2, 0) is 10.9 Å². The maximum atomic E-state index is 8.12. The lowest BCUT2D eigenvalue weighted by atomic mass is 9.31. The Kier molecular flexibility index (Phi) is 10.3. The maximum Gasteiger partial charge on any atom is 0.296 e. The molecule has 0 amide bonds. The largest absolute Gasteiger partial charge is 0.296 e. The van der Waals surface area contributed by atoms with Crippen LogP contribution in [0.15, 0.2) is 0 Å². The molecule has 0 saturated heterocycles. The molecule has 15 heavy (non-hydrogen) atoms. The van der Waals surface area contributed by atoms with Gasteiger partial charge in [0, 0.05) is 0 Å². The first-order valence-electron chi connectivity index (χ1n) is 5.10. The first-order valence-corrected chi connectivity index (χ1v) is 6.83. The maximum absolute atomic E-state index is 8.12. The summed E-state index contributed by atoms with van der Waals surface area (Å²) < 4.78 is 0. The SMILES string of the molecule is CC[S+](CC)CC.C[B-](C#N)(C#N)C#N. The lowest BCUT2D eigenvalue weighted by Gasteiger charge is -2.01. The van der Waals surface area contributed by atoms with Crippen LogP contribution in [0.25, 0.3) is 0 Å². The fourth-order valence-electron chi connectivity index (χ4n) is 0.699. The zero-order valence-corrected chi connectivity index (χ0v) is 10.8. The van der Waals surface area contributed by atoms with Gasteiger partial charge in [-0.1, -0.05) is 0 Å². The normalized spacial score (nSPS) is 9.20. The number of rotatable bonds is 3. The first kappa shape index (κ1) is 16.3. The summed E-state index contributed by atoms with van der Waals surface area (Å²) in [7, 11) is 0.755. The first-order chi connectivity index (χ1) is 7.03. The highest BCUT2D eigenvalue weighted by atomic mass is 32.2. The minimum Gasteiger partial charge on any atom is -0.247 e. The molecule has 0 saturated carbocycles. The topological polar surface area (TPSA) is 71.4 Å². The third kappa shape index (κ3) is 7.92. The van der Waals surface area contributed by atoms with Gasteiger partial charge in [-0.05, 0) is 31.7 Å². The summed E-state index contributed by atoms with van der Waals surface area (Å²) in [6.45, 7) is 8.16. The minimum absolute atomic E-state index is 0.755.